The number of carbonyl (C=O) groups excluding carboxylic acids is 1. The second kappa shape index (κ2) is 7.76. The molecule has 1 saturated heterocycles. The molecule has 0 radical (unpaired) electrons. The van der Waals surface area contributed by atoms with Crippen LogP contribution in [0.5, 0.6) is 0 Å². The number of amides is 1. The lowest BCUT2D eigenvalue weighted by molar-refractivity contribution is 0.0698. The van der Waals surface area contributed by atoms with Crippen LogP contribution >= 0.6 is 11.6 Å². The van der Waals surface area contributed by atoms with Gasteiger partial charge in [-0.25, -0.2) is 4.98 Å². The van der Waals surface area contributed by atoms with E-state index in [0.29, 0.717) is 23.9 Å². The summed E-state index contributed by atoms with van der Waals surface area (Å²) < 4.78 is 5.53. The van der Waals surface area contributed by atoms with Crippen LogP contribution in [0.2, 0.25) is 5.02 Å². The first-order valence-corrected chi connectivity index (χ1v) is 9.83. The summed E-state index contributed by atoms with van der Waals surface area (Å²) in [6, 6.07) is 11.9. The first kappa shape index (κ1) is 18.7. The maximum absolute atomic E-state index is 13.0. The zero-order valence-corrected chi connectivity index (χ0v) is 16.7. The minimum absolute atomic E-state index is 0.0260. The minimum atomic E-state index is -0.104. The molecule has 2 aromatic heterocycles. The molecule has 0 N–H and O–H groups in total. The van der Waals surface area contributed by atoms with Crippen molar-refractivity contribution < 1.29 is 9.21 Å². The van der Waals surface area contributed by atoms with E-state index in [1.54, 1.807) is 13.8 Å². The Hall–Kier alpha value is -2.66. The predicted octanol–water partition coefficient (Wildman–Crippen LogP) is 4.91. The molecule has 0 aliphatic carbocycles. The van der Waals surface area contributed by atoms with Crippen molar-refractivity contribution in [1.29, 1.82) is 0 Å². The number of likely N-dealkylation sites (tertiary alicyclic amines) is 1. The second-order valence-electron chi connectivity index (χ2n) is 7.20. The van der Waals surface area contributed by atoms with Crippen LogP contribution < -0.4 is 0 Å². The van der Waals surface area contributed by atoms with E-state index >= 15 is 0 Å². The fourth-order valence-electron chi connectivity index (χ4n) is 3.75. The van der Waals surface area contributed by atoms with Crippen molar-refractivity contribution in [2.75, 3.05) is 6.54 Å². The maximum atomic E-state index is 13.0. The van der Waals surface area contributed by atoms with Crippen molar-refractivity contribution >= 4 is 17.5 Å². The number of oxazole rings is 1. The highest BCUT2D eigenvalue weighted by Gasteiger charge is 2.34. The van der Waals surface area contributed by atoms with Crippen LogP contribution in [0.4, 0.5) is 0 Å². The number of pyridine rings is 1. The van der Waals surface area contributed by atoms with Crippen molar-refractivity contribution in [2.24, 2.45) is 0 Å². The van der Waals surface area contributed by atoms with E-state index in [1.165, 1.54) is 5.56 Å². The SMILES string of the molecule is Cc1nc(C)c(C(=O)N2CCC[C@H]2c2ccc(Cc3ccc(Cl)cc3)cn2)o1. The number of hydrogen-bond donors (Lipinski definition) is 0. The van der Waals surface area contributed by atoms with Crippen LogP contribution in [0.1, 0.15) is 57.8 Å². The zero-order chi connectivity index (χ0) is 19.7. The maximum Gasteiger partial charge on any atom is 0.292 e. The monoisotopic (exact) mass is 395 g/mol. The van der Waals surface area contributed by atoms with Crippen LogP contribution in [0, 0.1) is 13.8 Å². The molecule has 1 aromatic carbocycles. The van der Waals surface area contributed by atoms with Gasteiger partial charge in [0.05, 0.1) is 17.4 Å². The summed E-state index contributed by atoms with van der Waals surface area (Å²) in [6.07, 6.45) is 4.56. The van der Waals surface area contributed by atoms with E-state index in [1.807, 2.05) is 41.4 Å². The van der Waals surface area contributed by atoms with Crippen molar-refractivity contribution in [3.05, 3.63) is 81.8 Å². The third-order valence-corrected chi connectivity index (χ3v) is 5.37. The quantitative estimate of drug-likeness (QED) is 0.629. The Balaban J connectivity index is 1.50. The van der Waals surface area contributed by atoms with Crippen molar-refractivity contribution in [3.63, 3.8) is 0 Å². The molecule has 144 valence electrons. The number of hydrogen-bond acceptors (Lipinski definition) is 4. The van der Waals surface area contributed by atoms with Gasteiger partial charge in [-0.3, -0.25) is 9.78 Å². The van der Waals surface area contributed by atoms with E-state index < -0.39 is 0 Å². The molecule has 1 atom stereocenters. The van der Waals surface area contributed by atoms with Crippen LogP contribution in [-0.2, 0) is 6.42 Å². The molecule has 1 aliphatic rings. The normalized spacial score (nSPS) is 16.5. The fourth-order valence-corrected chi connectivity index (χ4v) is 3.88. The summed E-state index contributed by atoms with van der Waals surface area (Å²) in [5, 5.41) is 0.736. The molecule has 1 fully saturated rings. The molecule has 3 aromatic rings. The highest BCUT2D eigenvalue weighted by atomic mass is 35.5. The molecular formula is C22H22ClN3O2. The first-order valence-electron chi connectivity index (χ1n) is 9.45. The Morgan fingerprint density at radius 1 is 1.18 bits per heavy atom. The first-order chi connectivity index (χ1) is 13.5. The largest absolute Gasteiger partial charge is 0.436 e. The summed E-state index contributed by atoms with van der Waals surface area (Å²) in [4.78, 5) is 23.7. The lowest BCUT2D eigenvalue weighted by atomic mass is 10.0. The van der Waals surface area contributed by atoms with E-state index in [9.17, 15) is 4.79 Å². The molecule has 4 rings (SSSR count). The third kappa shape index (κ3) is 3.80. The number of rotatable bonds is 4. The van der Waals surface area contributed by atoms with Gasteiger partial charge in [-0.1, -0.05) is 29.8 Å². The Bertz CT molecular complexity index is 980. The molecule has 28 heavy (non-hydrogen) atoms. The lowest BCUT2D eigenvalue weighted by Crippen LogP contribution is -2.31. The van der Waals surface area contributed by atoms with Crippen molar-refractivity contribution in [2.45, 2.75) is 39.2 Å². The van der Waals surface area contributed by atoms with Gasteiger partial charge in [0, 0.05) is 24.7 Å². The highest BCUT2D eigenvalue weighted by molar-refractivity contribution is 6.30. The van der Waals surface area contributed by atoms with Crippen molar-refractivity contribution in [1.82, 2.24) is 14.9 Å². The Labute approximate surface area is 169 Å². The van der Waals surface area contributed by atoms with E-state index in [-0.39, 0.29) is 11.9 Å². The molecule has 0 saturated carbocycles. The van der Waals surface area contributed by atoms with Gasteiger partial charge < -0.3 is 9.32 Å². The summed E-state index contributed by atoms with van der Waals surface area (Å²) in [5.74, 6) is 0.748. The number of benzene rings is 1. The molecular weight excluding hydrogens is 374 g/mol. The van der Waals surface area contributed by atoms with Crippen molar-refractivity contribution in [3.8, 4) is 0 Å². The molecule has 0 bridgehead atoms. The Morgan fingerprint density at radius 3 is 2.57 bits per heavy atom. The molecule has 0 spiro atoms. The lowest BCUT2D eigenvalue weighted by Gasteiger charge is -2.23. The minimum Gasteiger partial charge on any atom is -0.436 e. The second-order valence-corrected chi connectivity index (χ2v) is 7.63. The van der Waals surface area contributed by atoms with E-state index in [4.69, 9.17) is 16.0 Å². The van der Waals surface area contributed by atoms with Gasteiger partial charge in [-0.05, 0) is 55.5 Å². The Morgan fingerprint density at radius 2 is 1.93 bits per heavy atom. The van der Waals surface area contributed by atoms with Gasteiger partial charge in [0.1, 0.15) is 0 Å². The summed E-state index contributed by atoms with van der Waals surface area (Å²) in [7, 11) is 0. The molecule has 0 unspecified atom stereocenters. The topological polar surface area (TPSA) is 59.2 Å². The van der Waals surface area contributed by atoms with Gasteiger partial charge >= 0.3 is 0 Å². The average molecular weight is 396 g/mol. The van der Waals surface area contributed by atoms with Gasteiger partial charge in [0.15, 0.2) is 5.89 Å². The number of carbonyl (C=O) groups is 1. The molecule has 1 aliphatic heterocycles. The summed E-state index contributed by atoms with van der Waals surface area (Å²) in [6.45, 7) is 4.27. The zero-order valence-electron chi connectivity index (χ0n) is 16.0. The van der Waals surface area contributed by atoms with Crippen LogP contribution in [0.3, 0.4) is 0 Å². The van der Waals surface area contributed by atoms with E-state index in [2.05, 4.69) is 16.0 Å². The van der Waals surface area contributed by atoms with Gasteiger partial charge in [-0.2, -0.15) is 0 Å². The van der Waals surface area contributed by atoms with Gasteiger partial charge in [-0.15, -0.1) is 0 Å². The standard InChI is InChI=1S/C22H22ClN3O2/c1-14-21(28-15(2)25-14)22(27)26-11-3-4-20(26)19-10-7-17(13-24-19)12-16-5-8-18(23)9-6-16/h5-10,13,20H,3-4,11-12H2,1-2H3/t20-/m0/s1. The Kier molecular flexibility index (Phi) is 5.18. The third-order valence-electron chi connectivity index (χ3n) is 5.12. The number of halogens is 1. The summed E-state index contributed by atoms with van der Waals surface area (Å²) in [5.41, 5.74) is 3.87. The fraction of sp³-hybridized carbons (Fsp3) is 0.318. The smallest absolute Gasteiger partial charge is 0.292 e. The summed E-state index contributed by atoms with van der Waals surface area (Å²) >= 11 is 5.95. The van der Waals surface area contributed by atoms with Crippen LogP contribution in [0.25, 0.3) is 0 Å². The highest BCUT2D eigenvalue weighted by Crippen LogP contribution is 2.32. The number of aryl methyl sites for hydroxylation is 2. The van der Waals surface area contributed by atoms with Crippen LogP contribution in [0.15, 0.2) is 47.0 Å². The molecule has 5 nitrogen and oxygen atoms in total. The van der Waals surface area contributed by atoms with Gasteiger partial charge in [0.25, 0.3) is 5.91 Å². The number of aromatic nitrogens is 2. The predicted molar refractivity (Wildman–Crippen MR) is 107 cm³/mol. The van der Waals surface area contributed by atoms with Crippen LogP contribution in [-0.4, -0.2) is 27.3 Å². The van der Waals surface area contributed by atoms with E-state index in [0.717, 1.165) is 35.5 Å². The van der Waals surface area contributed by atoms with Gasteiger partial charge in [0.2, 0.25) is 5.76 Å². The molecule has 1 amide bonds. The molecule has 6 heteroatoms. The molecule has 3 heterocycles. The average Bonchev–Trinajstić information content (AvgIpc) is 3.30. The number of nitrogens with zero attached hydrogens (tertiary/aromatic N) is 3.